The number of primary sulfonamides is 1. The normalized spacial score (nSPS) is 12.9. The van der Waals surface area contributed by atoms with Crippen LogP contribution in [0.5, 0.6) is 0 Å². The first-order valence-electron chi connectivity index (χ1n) is 6.44. The van der Waals surface area contributed by atoms with Crippen molar-refractivity contribution in [3.05, 3.63) is 0 Å². The van der Waals surface area contributed by atoms with E-state index in [1.807, 2.05) is 0 Å². The minimum Gasteiger partial charge on any atom is -0.314 e. The highest BCUT2D eigenvalue weighted by Crippen LogP contribution is 2.13. The molecule has 0 radical (unpaired) electrons. The van der Waals surface area contributed by atoms with Crippen LogP contribution in [0.25, 0.3) is 0 Å². The fourth-order valence-electron chi connectivity index (χ4n) is 1.98. The van der Waals surface area contributed by atoms with Crippen LogP contribution in [0.15, 0.2) is 0 Å². The van der Waals surface area contributed by atoms with Crippen molar-refractivity contribution in [3.8, 4) is 0 Å². The first kappa shape index (κ1) is 16.9. The van der Waals surface area contributed by atoms with Gasteiger partial charge in [-0.25, -0.2) is 13.6 Å². The molecule has 0 spiro atoms. The van der Waals surface area contributed by atoms with Crippen molar-refractivity contribution in [1.29, 1.82) is 0 Å². The summed E-state index contributed by atoms with van der Waals surface area (Å²) in [5.74, 6) is 1.38. The number of hydrogen-bond acceptors (Lipinski definition) is 3. The van der Waals surface area contributed by atoms with E-state index >= 15 is 0 Å². The molecular formula is C12H28N2O2S. The van der Waals surface area contributed by atoms with Crippen LogP contribution in [0.4, 0.5) is 0 Å². The molecule has 5 heteroatoms. The molecule has 0 unspecified atom stereocenters. The van der Waals surface area contributed by atoms with Crippen LogP contribution in [0.1, 0.15) is 47.0 Å². The van der Waals surface area contributed by atoms with Gasteiger partial charge in [0, 0.05) is 6.04 Å². The van der Waals surface area contributed by atoms with Gasteiger partial charge in [0.2, 0.25) is 10.0 Å². The summed E-state index contributed by atoms with van der Waals surface area (Å²) in [6, 6.07) is 0.482. The van der Waals surface area contributed by atoms with Gasteiger partial charge in [0.25, 0.3) is 0 Å². The lowest BCUT2D eigenvalue weighted by Crippen LogP contribution is -2.33. The van der Waals surface area contributed by atoms with E-state index in [1.165, 1.54) is 0 Å². The van der Waals surface area contributed by atoms with Crippen LogP contribution in [0.2, 0.25) is 0 Å². The number of nitrogens with one attached hydrogen (secondary N) is 1. The first-order valence-corrected chi connectivity index (χ1v) is 8.16. The Hall–Kier alpha value is -0.130. The van der Waals surface area contributed by atoms with E-state index in [9.17, 15) is 8.42 Å². The molecule has 0 fully saturated rings. The van der Waals surface area contributed by atoms with E-state index in [-0.39, 0.29) is 5.75 Å². The summed E-state index contributed by atoms with van der Waals surface area (Å²) < 4.78 is 21.6. The topological polar surface area (TPSA) is 72.2 Å². The second kappa shape index (κ2) is 8.06. The van der Waals surface area contributed by atoms with Gasteiger partial charge in [0.1, 0.15) is 0 Å². The molecule has 0 aliphatic heterocycles. The van der Waals surface area contributed by atoms with Gasteiger partial charge in [-0.3, -0.25) is 0 Å². The van der Waals surface area contributed by atoms with Crippen molar-refractivity contribution in [2.24, 2.45) is 17.0 Å². The Balaban J connectivity index is 3.91. The van der Waals surface area contributed by atoms with Crippen LogP contribution >= 0.6 is 0 Å². The minimum absolute atomic E-state index is 0.0656. The average molecular weight is 264 g/mol. The molecule has 0 heterocycles. The zero-order chi connectivity index (χ0) is 13.5. The minimum atomic E-state index is -3.31. The molecule has 0 aliphatic carbocycles. The summed E-state index contributed by atoms with van der Waals surface area (Å²) in [5, 5.41) is 8.39. The van der Waals surface area contributed by atoms with Crippen LogP contribution in [-0.2, 0) is 10.0 Å². The standard InChI is InChI=1S/C12H28N2O2S/c1-10(2)8-12(9-11(3)4)14-6-5-7-17(13,15)16/h10-12,14H,5-9H2,1-4H3,(H2,13,15,16). The molecule has 0 atom stereocenters. The Morgan fingerprint density at radius 2 is 1.53 bits per heavy atom. The monoisotopic (exact) mass is 264 g/mol. The fraction of sp³-hybridized carbons (Fsp3) is 1.00. The SMILES string of the molecule is CC(C)CC(CC(C)C)NCCCS(N)(=O)=O. The maximum atomic E-state index is 10.8. The van der Waals surface area contributed by atoms with Crippen LogP contribution in [0.3, 0.4) is 0 Å². The lowest BCUT2D eigenvalue weighted by atomic mass is 9.95. The summed E-state index contributed by atoms with van der Waals surface area (Å²) in [6.07, 6.45) is 2.85. The van der Waals surface area contributed by atoms with Crippen molar-refractivity contribution in [2.75, 3.05) is 12.3 Å². The zero-order valence-corrected chi connectivity index (χ0v) is 12.4. The number of nitrogens with two attached hydrogens (primary N) is 1. The molecule has 0 saturated carbocycles. The summed E-state index contributed by atoms with van der Waals surface area (Å²) in [7, 11) is -3.31. The predicted octanol–water partition coefficient (Wildman–Crippen LogP) is 1.72. The van der Waals surface area contributed by atoms with Gasteiger partial charge in [-0.15, -0.1) is 0 Å². The molecule has 0 rings (SSSR count). The maximum absolute atomic E-state index is 10.8. The third kappa shape index (κ3) is 12.1. The van der Waals surface area contributed by atoms with Gasteiger partial charge in [-0.1, -0.05) is 27.7 Å². The van der Waals surface area contributed by atoms with Crippen molar-refractivity contribution >= 4 is 10.0 Å². The molecular weight excluding hydrogens is 236 g/mol. The van der Waals surface area contributed by atoms with Gasteiger partial charge < -0.3 is 5.32 Å². The molecule has 0 aromatic carbocycles. The highest BCUT2D eigenvalue weighted by Gasteiger charge is 2.12. The van der Waals surface area contributed by atoms with Crippen LogP contribution in [0, 0.1) is 11.8 Å². The maximum Gasteiger partial charge on any atom is 0.209 e. The molecule has 17 heavy (non-hydrogen) atoms. The van der Waals surface area contributed by atoms with E-state index in [0.717, 1.165) is 19.4 Å². The fourth-order valence-corrected chi connectivity index (χ4v) is 2.53. The lowest BCUT2D eigenvalue weighted by molar-refractivity contribution is 0.360. The smallest absolute Gasteiger partial charge is 0.209 e. The largest absolute Gasteiger partial charge is 0.314 e. The van der Waals surface area contributed by atoms with Crippen LogP contribution < -0.4 is 10.5 Å². The van der Waals surface area contributed by atoms with Crippen molar-refractivity contribution < 1.29 is 8.42 Å². The van der Waals surface area contributed by atoms with Gasteiger partial charge in [-0.05, 0) is 37.6 Å². The van der Waals surface area contributed by atoms with Crippen molar-refractivity contribution in [2.45, 2.75) is 53.0 Å². The zero-order valence-electron chi connectivity index (χ0n) is 11.6. The van der Waals surface area contributed by atoms with Crippen molar-refractivity contribution in [3.63, 3.8) is 0 Å². The Kier molecular flexibility index (Phi) is 8.00. The number of hydrogen-bond donors (Lipinski definition) is 2. The highest BCUT2D eigenvalue weighted by molar-refractivity contribution is 7.89. The third-order valence-electron chi connectivity index (χ3n) is 2.55. The third-order valence-corrected chi connectivity index (χ3v) is 3.41. The highest BCUT2D eigenvalue weighted by atomic mass is 32.2. The summed E-state index contributed by atoms with van der Waals surface area (Å²) in [4.78, 5) is 0. The second-order valence-corrected chi connectivity index (χ2v) is 7.36. The molecule has 0 aromatic rings. The van der Waals surface area contributed by atoms with E-state index in [4.69, 9.17) is 5.14 Å². The first-order chi connectivity index (χ1) is 7.70. The Labute approximate surface area is 106 Å². The second-order valence-electron chi connectivity index (χ2n) is 5.63. The molecule has 0 aromatic heterocycles. The Bertz CT molecular complexity index is 277. The molecule has 0 saturated heterocycles. The van der Waals surface area contributed by atoms with E-state index in [0.29, 0.717) is 24.3 Å². The predicted molar refractivity (Wildman–Crippen MR) is 73.3 cm³/mol. The van der Waals surface area contributed by atoms with Gasteiger partial charge in [0.15, 0.2) is 0 Å². The van der Waals surface area contributed by atoms with Crippen molar-refractivity contribution in [1.82, 2.24) is 5.32 Å². The van der Waals surface area contributed by atoms with Gasteiger partial charge in [0.05, 0.1) is 5.75 Å². The lowest BCUT2D eigenvalue weighted by Gasteiger charge is -2.22. The average Bonchev–Trinajstić information content (AvgIpc) is 2.08. The molecule has 0 aliphatic rings. The summed E-state index contributed by atoms with van der Waals surface area (Å²) in [5.41, 5.74) is 0. The molecule has 0 amide bonds. The van der Waals surface area contributed by atoms with Gasteiger partial charge >= 0.3 is 0 Å². The summed E-state index contributed by atoms with van der Waals surface area (Å²) >= 11 is 0. The molecule has 104 valence electrons. The number of sulfonamides is 1. The number of rotatable bonds is 9. The molecule has 0 bridgehead atoms. The molecule has 4 nitrogen and oxygen atoms in total. The Morgan fingerprint density at radius 1 is 1.06 bits per heavy atom. The van der Waals surface area contributed by atoms with E-state index in [1.54, 1.807) is 0 Å². The van der Waals surface area contributed by atoms with Gasteiger partial charge in [-0.2, -0.15) is 0 Å². The Morgan fingerprint density at radius 3 is 1.88 bits per heavy atom. The van der Waals surface area contributed by atoms with E-state index in [2.05, 4.69) is 33.0 Å². The molecule has 3 N–H and O–H groups in total. The van der Waals surface area contributed by atoms with E-state index < -0.39 is 10.0 Å². The quantitative estimate of drug-likeness (QED) is 0.623. The van der Waals surface area contributed by atoms with Crippen LogP contribution in [-0.4, -0.2) is 26.8 Å². The summed E-state index contributed by atoms with van der Waals surface area (Å²) in [6.45, 7) is 9.55.